The van der Waals surface area contributed by atoms with E-state index in [2.05, 4.69) is 5.92 Å². The number of benzene rings is 1. The first-order valence-corrected chi connectivity index (χ1v) is 4.21. The monoisotopic (exact) mass is 188 g/mol. The number of hydrogen-bond donors (Lipinski definition) is 0. The molecule has 1 aliphatic rings. The Morgan fingerprint density at radius 2 is 2.00 bits per heavy atom. The lowest BCUT2D eigenvalue weighted by Crippen LogP contribution is -2.17. The van der Waals surface area contributed by atoms with Crippen LogP contribution in [0.1, 0.15) is 15.9 Å². The van der Waals surface area contributed by atoms with Crippen LogP contribution in [0.25, 0.3) is 0 Å². The standard InChI is InChI=1S/C11H8O3/c1-2-8-3-4-9(7-12)11-10(8)13-5-6-14-11/h1,3-4,7H,5-6H2. The van der Waals surface area contributed by atoms with Crippen LogP contribution in [0, 0.1) is 12.3 Å². The zero-order valence-corrected chi connectivity index (χ0v) is 7.45. The van der Waals surface area contributed by atoms with Gasteiger partial charge in [-0.05, 0) is 12.1 Å². The first-order valence-electron chi connectivity index (χ1n) is 4.21. The molecule has 0 N–H and O–H groups in total. The predicted molar refractivity (Wildman–Crippen MR) is 50.8 cm³/mol. The Morgan fingerprint density at radius 3 is 2.64 bits per heavy atom. The lowest BCUT2D eigenvalue weighted by Gasteiger charge is -2.20. The van der Waals surface area contributed by atoms with Gasteiger partial charge in [0, 0.05) is 0 Å². The molecule has 0 fully saturated rings. The summed E-state index contributed by atoms with van der Waals surface area (Å²) in [6.07, 6.45) is 6.02. The van der Waals surface area contributed by atoms with E-state index in [0.29, 0.717) is 35.8 Å². The molecule has 3 heteroatoms. The van der Waals surface area contributed by atoms with Crippen molar-refractivity contribution >= 4 is 6.29 Å². The first-order chi connectivity index (χ1) is 6.86. The minimum atomic E-state index is 0.446. The van der Waals surface area contributed by atoms with E-state index in [1.54, 1.807) is 12.1 Å². The summed E-state index contributed by atoms with van der Waals surface area (Å²) in [4.78, 5) is 10.7. The van der Waals surface area contributed by atoms with Gasteiger partial charge in [0.05, 0.1) is 11.1 Å². The molecule has 70 valence electrons. The molecule has 1 heterocycles. The number of ether oxygens (including phenoxy) is 2. The quantitative estimate of drug-likeness (QED) is 0.491. The fourth-order valence-electron chi connectivity index (χ4n) is 1.36. The summed E-state index contributed by atoms with van der Waals surface area (Å²) >= 11 is 0. The van der Waals surface area contributed by atoms with E-state index >= 15 is 0 Å². The smallest absolute Gasteiger partial charge is 0.177 e. The molecule has 0 aromatic heterocycles. The number of terminal acetylenes is 1. The molecule has 14 heavy (non-hydrogen) atoms. The molecule has 0 bridgehead atoms. The molecule has 1 aliphatic heterocycles. The van der Waals surface area contributed by atoms with E-state index in [-0.39, 0.29) is 0 Å². The highest BCUT2D eigenvalue weighted by Crippen LogP contribution is 2.35. The lowest BCUT2D eigenvalue weighted by atomic mass is 10.1. The van der Waals surface area contributed by atoms with E-state index in [4.69, 9.17) is 15.9 Å². The normalized spacial score (nSPS) is 13.1. The lowest BCUT2D eigenvalue weighted by molar-refractivity contribution is 0.111. The molecular formula is C11H8O3. The maximum Gasteiger partial charge on any atom is 0.177 e. The van der Waals surface area contributed by atoms with Gasteiger partial charge >= 0.3 is 0 Å². The molecule has 0 saturated carbocycles. The molecule has 0 aliphatic carbocycles. The second-order valence-corrected chi connectivity index (χ2v) is 2.82. The SMILES string of the molecule is C#Cc1ccc(C=O)c2c1OCCO2. The van der Waals surface area contributed by atoms with E-state index in [1.807, 2.05) is 0 Å². The fraction of sp³-hybridized carbons (Fsp3) is 0.182. The number of carbonyl (C=O) groups is 1. The topological polar surface area (TPSA) is 35.5 Å². The summed E-state index contributed by atoms with van der Waals surface area (Å²) in [5.41, 5.74) is 1.09. The highest BCUT2D eigenvalue weighted by atomic mass is 16.6. The maximum atomic E-state index is 10.7. The molecule has 0 unspecified atom stereocenters. The molecular weight excluding hydrogens is 180 g/mol. The van der Waals surface area contributed by atoms with Gasteiger partial charge in [-0.2, -0.15) is 0 Å². The predicted octanol–water partition coefficient (Wildman–Crippen LogP) is 1.25. The van der Waals surface area contributed by atoms with Crippen LogP contribution >= 0.6 is 0 Å². The molecule has 3 nitrogen and oxygen atoms in total. The van der Waals surface area contributed by atoms with Crippen molar-refractivity contribution in [2.45, 2.75) is 0 Å². The number of carbonyl (C=O) groups excluding carboxylic acids is 1. The summed E-state index contributed by atoms with van der Waals surface area (Å²) in [6.45, 7) is 0.909. The third kappa shape index (κ3) is 1.21. The minimum Gasteiger partial charge on any atom is -0.485 e. The molecule has 0 atom stereocenters. The Kier molecular flexibility index (Phi) is 2.11. The van der Waals surface area contributed by atoms with Crippen LogP contribution in [0.4, 0.5) is 0 Å². The number of hydrogen-bond acceptors (Lipinski definition) is 3. The van der Waals surface area contributed by atoms with Crippen LogP contribution in [0.5, 0.6) is 11.5 Å². The molecule has 1 aromatic carbocycles. The van der Waals surface area contributed by atoms with Crippen molar-refractivity contribution in [1.29, 1.82) is 0 Å². The molecule has 0 saturated heterocycles. The van der Waals surface area contributed by atoms with Gasteiger partial charge in [0.1, 0.15) is 13.2 Å². The summed E-state index contributed by atoms with van der Waals surface area (Å²) in [5.74, 6) is 3.45. The third-order valence-corrected chi connectivity index (χ3v) is 2.00. The highest BCUT2D eigenvalue weighted by Gasteiger charge is 2.18. The van der Waals surface area contributed by atoms with Crippen LogP contribution < -0.4 is 9.47 Å². The minimum absolute atomic E-state index is 0.446. The van der Waals surface area contributed by atoms with Crippen LogP contribution in [-0.4, -0.2) is 19.5 Å². The Balaban J connectivity index is 2.63. The number of rotatable bonds is 1. The van der Waals surface area contributed by atoms with Gasteiger partial charge in [-0.1, -0.05) is 5.92 Å². The molecule has 0 amide bonds. The second kappa shape index (κ2) is 3.43. The van der Waals surface area contributed by atoms with Gasteiger partial charge in [-0.15, -0.1) is 6.42 Å². The van der Waals surface area contributed by atoms with Crippen LogP contribution in [0.15, 0.2) is 12.1 Å². The van der Waals surface area contributed by atoms with Crippen LogP contribution in [0.3, 0.4) is 0 Å². The van der Waals surface area contributed by atoms with Crippen molar-refractivity contribution in [3.63, 3.8) is 0 Å². The Labute approximate surface area is 81.6 Å². The van der Waals surface area contributed by atoms with Crippen molar-refractivity contribution < 1.29 is 14.3 Å². The molecule has 2 rings (SSSR count). The van der Waals surface area contributed by atoms with E-state index in [9.17, 15) is 4.79 Å². The van der Waals surface area contributed by atoms with E-state index < -0.39 is 0 Å². The van der Waals surface area contributed by atoms with Crippen molar-refractivity contribution in [3.05, 3.63) is 23.3 Å². The van der Waals surface area contributed by atoms with Gasteiger partial charge < -0.3 is 9.47 Å². The van der Waals surface area contributed by atoms with Crippen molar-refractivity contribution in [2.75, 3.05) is 13.2 Å². The average molecular weight is 188 g/mol. The highest BCUT2D eigenvalue weighted by molar-refractivity contribution is 5.82. The zero-order chi connectivity index (χ0) is 9.97. The third-order valence-electron chi connectivity index (χ3n) is 2.00. The molecule has 0 radical (unpaired) electrons. The van der Waals surface area contributed by atoms with Crippen molar-refractivity contribution in [3.8, 4) is 23.8 Å². The Hall–Kier alpha value is -1.95. The first kappa shape index (κ1) is 8.64. The van der Waals surface area contributed by atoms with Gasteiger partial charge in [0.15, 0.2) is 17.8 Å². The summed E-state index contributed by atoms with van der Waals surface area (Å²) in [5, 5.41) is 0. The summed E-state index contributed by atoms with van der Waals surface area (Å²) in [7, 11) is 0. The zero-order valence-electron chi connectivity index (χ0n) is 7.45. The van der Waals surface area contributed by atoms with Gasteiger partial charge in [-0.3, -0.25) is 4.79 Å². The maximum absolute atomic E-state index is 10.7. The van der Waals surface area contributed by atoms with E-state index in [0.717, 1.165) is 6.29 Å². The number of aldehydes is 1. The van der Waals surface area contributed by atoms with Gasteiger partial charge in [-0.25, -0.2) is 0 Å². The van der Waals surface area contributed by atoms with Gasteiger partial charge in [0.25, 0.3) is 0 Å². The largest absolute Gasteiger partial charge is 0.485 e. The van der Waals surface area contributed by atoms with Crippen LogP contribution in [0.2, 0.25) is 0 Å². The molecule has 0 spiro atoms. The van der Waals surface area contributed by atoms with Gasteiger partial charge in [0.2, 0.25) is 0 Å². The van der Waals surface area contributed by atoms with Crippen molar-refractivity contribution in [2.24, 2.45) is 0 Å². The summed E-state index contributed by atoms with van der Waals surface area (Å²) < 4.78 is 10.7. The second-order valence-electron chi connectivity index (χ2n) is 2.82. The Morgan fingerprint density at radius 1 is 1.29 bits per heavy atom. The number of fused-ring (bicyclic) bond motifs is 1. The van der Waals surface area contributed by atoms with Crippen molar-refractivity contribution in [1.82, 2.24) is 0 Å². The molecule has 1 aromatic rings. The summed E-state index contributed by atoms with van der Waals surface area (Å²) in [6, 6.07) is 3.31. The van der Waals surface area contributed by atoms with E-state index in [1.165, 1.54) is 0 Å². The van der Waals surface area contributed by atoms with Crippen LogP contribution in [-0.2, 0) is 0 Å². The Bertz CT molecular complexity index is 415. The average Bonchev–Trinajstić information content (AvgIpc) is 2.27. The fourth-order valence-corrected chi connectivity index (χ4v) is 1.36.